The number of aliphatic hydroxyl groups excluding tert-OH is 2. The first-order valence-corrected chi connectivity index (χ1v) is 6.43. The van der Waals surface area contributed by atoms with Gasteiger partial charge in [0, 0.05) is 5.75 Å². The van der Waals surface area contributed by atoms with E-state index in [9.17, 15) is 15.0 Å². The molecular weight excluding hydrogens is 252 g/mol. The van der Waals surface area contributed by atoms with E-state index in [1.165, 1.54) is 0 Å². The van der Waals surface area contributed by atoms with Crippen molar-refractivity contribution in [2.75, 3.05) is 12.4 Å². The standard InChI is InChI=1S/C13H18O4S/c1-2-17-12(15)7-9-3-5-10(6-4-9)13(16)11(14)8-18/h3-6,11,13-14,16,18H,2,7-8H2,1H3. The Morgan fingerprint density at radius 3 is 2.44 bits per heavy atom. The third-order valence-electron chi connectivity index (χ3n) is 2.53. The smallest absolute Gasteiger partial charge is 0.310 e. The van der Waals surface area contributed by atoms with Gasteiger partial charge in [-0.3, -0.25) is 4.79 Å². The van der Waals surface area contributed by atoms with E-state index in [1.807, 2.05) is 0 Å². The zero-order chi connectivity index (χ0) is 13.5. The second-order valence-corrected chi connectivity index (χ2v) is 4.28. The first-order chi connectivity index (χ1) is 8.58. The predicted octanol–water partition coefficient (Wildman–Crippen LogP) is 1.12. The molecule has 0 aliphatic rings. The van der Waals surface area contributed by atoms with E-state index in [2.05, 4.69) is 12.6 Å². The number of hydrogen-bond acceptors (Lipinski definition) is 5. The lowest BCUT2D eigenvalue weighted by atomic mass is 10.0. The van der Waals surface area contributed by atoms with Crippen LogP contribution in [0.15, 0.2) is 24.3 Å². The Morgan fingerprint density at radius 1 is 1.33 bits per heavy atom. The Morgan fingerprint density at radius 2 is 1.94 bits per heavy atom. The van der Waals surface area contributed by atoms with Crippen LogP contribution in [0, 0.1) is 0 Å². The molecule has 2 unspecified atom stereocenters. The van der Waals surface area contributed by atoms with Crippen molar-refractivity contribution in [3.05, 3.63) is 35.4 Å². The molecule has 100 valence electrons. The van der Waals surface area contributed by atoms with Gasteiger partial charge in [-0.2, -0.15) is 12.6 Å². The Bertz CT molecular complexity index is 377. The van der Waals surface area contributed by atoms with Gasteiger partial charge < -0.3 is 14.9 Å². The molecule has 1 aromatic rings. The fourth-order valence-electron chi connectivity index (χ4n) is 1.53. The summed E-state index contributed by atoms with van der Waals surface area (Å²) < 4.78 is 4.84. The number of esters is 1. The maximum absolute atomic E-state index is 11.3. The Kier molecular flexibility index (Phi) is 6.18. The highest BCUT2D eigenvalue weighted by Gasteiger charge is 2.16. The highest BCUT2D eigenvalue weighted by Crippen LogP contribution is 2.18. The van der Waals surface area contributed by atoms with E-state index in [0.29, 0.717) is 12.2 Å². The molecule has 0 aliphatic heterocycles. The van der Waals surface area contributed by atoms with Gasteiger partial charge in [-0.1, -0.05) is 24.3 Å². The van der Waals surface area contributed by atoms with Crippen molar-refractivity contribution in [1.82, 2.24) is 0 Å². The number of carbonyl (C=O) groups is 1. The SMILES string of the molecule is CCOC(=O)Cc1ccc(C(O)C(O)CS)cc1. The fraction of sp³-hybridized carbons (Fsp3) is 0.462. The number of hydrogen-bond donors (Lipinski definition) is 3. The minimum atomic E-state index is -0.959. The van der Waals surface area contributed by atoms with Crippen LogP contribution in [0.5, 0.6) is 0 Å². The van der Waals surface area contributed by atoms with Crippen molar-refractivity contribution in [2.24, 2.45) is 0 Å². The van der Waals surface area contributed by atoms with E-state index in [-0.39, 0.29) is 18.1 Å². The third kappa shape index (κ3) is 4.33. The Hall–Kier alpha value is -1.04. The van der Waals surface area contributed by atoms with E-state index >= 15 is 0 Å². The largest absolute Gasteiger partial charge is 0.466 e. The molecule has 0 saturated heterocycles. The van der Waals surface area contributed by atoms with Crippen LogP contribution in [0.3, 0.4) is 0 Å². The molecule has 2 N–H and O–H groups in total. The highest BCUT2D eigenvalue weighted by molar-refractivity contribution is 7.80. The van der Waals surface area contributed by atoms with Crippen molar-refractivity contribution in [2.45, 2.75) is 25.6 Å². The van der Waals surface area contributed by atoms with Crippen LogP contribution in [0.2, 0.25) is 0 Å². The van der Waals surface area contributed by atoms with Crippen molar-refractivity contribution in [1.29, 1.82) is 0 Å². The van der Waals surface area contributed by atoms with Gasteiger partial charge in [0.1, 0.15) is 6.10 Å². The highest BCUT2D eigenvalue weighted by atomic mass is 32.1. The Balaban J connectivity index is 2.65. The van der Waals surface area contributed by atoms with E-state index < -0.39 is 12.2 Å². The average molecular weight is 270 g/mol. The summed E-state index contributed by atoms with van der Waals surface area (Å²) in [5.41, 5.74) is 1.41. The molecule has 0 aromatic heterocycles. The van der Waals surface area contributed by atoms with Gasteiger partial charge in [0.25, 0.3) is 0 Å². The molecule has 0 spiro atoms. The van der Waals surface area contributed by atoms with Gasteiger partial charge in [0.05, 0.1) is 19.1 Å². The molecule has 0 aliphatic carbocycles. The van der Waals surface area contributed by atoms with Crippen molar-refractivity contribution in [3.63, 3.8) is 0 Å². The minimum absolute atomic E-state index is 0.186. The van der Waals surface area contributed by atoms with Crippen LogP contribution < -0.4 is 0 Å². The van der Waals surface area contributed by atoms with Crippen molar-refractivity contribution in [3.8, 4) is 0 Å². The van der Waals surface area contributed by atoms with E-state index in [4.69, 9.17) is 4.74 Å². The normalized spacial score (nSPS) is 14.0. The average Bonchev–Trinajstić information content (AvgIpc) is 2.38. The summed E-state index contributed by atoms with van der Waals surface area (Å²) in [6.45, 7) is 2.12. The molecule has 1 rings (SSSR count). The topological polar surface area (TPSA) is 66.8 Å². The maximum Gasteiger partial charge on any atom is 0.310 e. The van der Waals surface area contributed by atoms with Crippen molar-refractivity contribution < 1.29 is 19.7 Å². The van der Waals surface area contributed by atoms with Crippen LogP contribution in [-0.4, -0.2) is 34.6 Å². The number of ether oxygens (including phenoxy) is 1. The van der Waals surface area contributed by atoms with Crippen molar-refractivity contribution >= 4 is 18.6 Å². The lowest BCUT2D eigenvalue weighted by Gasteiger charge is -2.16. The van der Waals surface area contributed by atoms with Gasteiger partial charge in [0.2, 0.25) is 0 Å². The molecule has 0 amide bonds. The van der Waals surface area contributed by atoms with Gasteiger partial charge in [-0.05, 0) is 18.1 Å². The van der Waals surface area contributed by atoms with E-state index in [0.717, 1.165) is 5.56 Å². The molecule has 0 fully saturated rings. The zero-order valence-electron chi connectivity index (χ0n) is 10.2. The predicted molar refractivity (Wildman–Crippen MR) is 71.6 cm³/mol. The summed E-state index contributed by atoms with van der Waals surface area (Å²) in [6.07, 6.45) is -1.65. The van der Waals surface area contributed by atoms with Gasteiger partial charge >= 0.3 is 5.97 Å². The molecule has 0 bridgehead atoms. The third-order valence-corrected chi connectivity index (χ3v) is 2.90. The number of benzene rings is 1. The van der Waals surface area contributed by atoms with Crippen LogP contribution in [0.1, 0.15) is 24.2 Å². The minimum Gasteiger partial charge on any atom is -0.466 e. The number of carbonyl (C=O) groups excluding carboxylic acids is 1. The number of aliphatic hydroxyl groups is 2. The van der Waals surface area contributed by atoms with Gasteiger partial charge in [-0.15, -0.1) is 0 Å². The van der Waals surface area contributed by atoms with E-state index in [1.54, 1.807) is 31.2 Å². The van der Waals surface area contributed by atoms with Crippen LogP contribution >= 0.6 is 12.6 Å². The second-order valence-electron chi connectivity index (χ2n) is 3.92. The summed E-state index contributed by atoms with van der Waals surface area (Å²) in [4.78, 5) is 11.3. The van der Waals surface area contributed by atoms with Gasteiger partial charge in [-0.25, -0.2) is 0 Å². The molecule has 18 heavy (non-hydrogen) atoms. The molecule has 0 saturated carbocycles. The first-order valence-electron chi connectivity index (χ1n) is 5.80. The lowest BCUT2D eigenvalue weighted by Crippen LogP contribution is -2.19. The summed E-state index contributed by atoms with van der Waals surface area (Å²) in [7, 11) is 0. The summed E-state index contributed by atoms with van der Waals surface area (Å²) >= 11 is 3.92. The summed E-state index contributed by atoms with van der Waals surface area (Å²) in [5, 5.41) is 19.2. The van der Waals surface area contributed by atoms with Crippen LogP contribution in [0.4, 0.5) is 0 Å². The molecule has 4 nitrogen and oxygen atoms in total. The summed E-state index contributed by atoms with van der Waals surface area (Å²) in [6, 6.07) is 6.85. The van der Waals surface area contributed by atoms with Crippen LogP contribution in [0.25, 0.3) is 0 Å². The second kappa shape index (κ2) is 7.41. The maximum atomic E-state index is 11.3. The molecule has 1 aromatic carbocycles. The zero-order valence-corrected chi connectivity index (χ0v) is 11.1. The fourth-order valence-corrected chi connectivity index (χ4v) is 1.73. The van der Waals surface area contributed by atoms with Gasteiger partial charge in [0.15, 0.2) is 0 Å². The quantitative estimate of drug-likeness (QED) is 0.535. The Labute approximate surface area is 112 Å². The molecule has 0 heterocycles. The lowest BCUT2D eigenvalue weighted by molar-refractivity contribution is -0.142. The monoisotopic (exact) mass is 270 g/mol. The molecule has 5 heteroatoms. The summed E-state index contributed by atoms with van der Waals surface area (Å²) in [5.74, 6) is -0.0904. The number of thiol groups is 1. The number of rotatable bonds is 6. The van der Waals surface area contributed by atoms with Crippen LogP contribution in [-0.2, 0) is 16.0 Å². The molecule has 2 atom stereocenters. The first kappa shape index (κ1) is 15.0. The molecular formula is C13H18O4S. The molecule has 0 radical (unpaired) electrons.